The molecule has 1 N–H and O–H groups in total. The molecule has 0 saturated heterocycles. The van der Waals surface area contributed by atoms with Gasteiger partial charge in [-0.3, -0.25) is 13.9 Å². The fourth-order valence-electron chi connectivity index (χ4n) is 4.14. The number of halogens is 1. The van der Waals surface area contributed by atoms with Crippen LogP contribution >= 0.6 is 11.6 Å². The lowest BCUT2D eigenvalue weighted by atomic mass is 10.1. The third-order valence-electron chi connectivity index (χ3n) is 6.00. The lowest BCUT2D eigenvalue weighted by Gasteiger charge is -2.32. The number of aryl methyl sites for hydroxylation is 2. The molecule has 0 spiro atoms. The predicted molar refractivity (Wildman–Crippen MR) is 152 cm³/mol. The third kappa shape index (κ3) is 7.14. The van der Waals surface area contributed by atoms with Crippen molar-refractivity contribution in [3.05, 3.63) is 94.5 Å². The van der Waals surface area contributed by atoms with Gasteiger partial charge in [0.05, 0.1) is 10.6 Å². The van der Waals surface area contributed by atoms with Crippen LogP contribution < -0.4 is 9.62 Å². The van der Waals surface area contributed by atoms with Crippen LogP contribution in [0.3, 0.4) is 0 Å². The molecule has 0 heterocycles. The maximum absolute atomic E-state index is 13.9. The summed E-state index contributed by atoms with van der Waals surface area (Å²) >= 11 is 6.39. The first-order valence-corrected chi connectivity index (χ1v) is 14.2. The molecule has 3 aromatic carbocycles. The lowest BCUT2D eigenvalue weighted by molar-refractivity contribution is -0.139. The number of carbonyl (C=O) groups excluding carboxylic acids is 2. The number of carbonyl (C=O) groups is 2. The molecule has 3 aromatic rings. The molecular weight excluding hydrogens is 522 g/mol. The molecule has 2 amide bonds. The molecule has 1 atom stereocenters. The number of nitrogens with zero attached hydrogens (tertiary/aromatic N) is 2. The van der Waals surface area contributed by atoms with Crippen molar-refractivity contribution >= 4 is 39.1 Å². The van der Waals surface area contributed by atoms with E-state index in [2.05, 4.69) is 5.32 Å². The molecule has 202 valence electrons. The first-order chi connectivity index (χ1) is 17.9. The van der Waals surface area contributed by atoms with Gasteiger partial charge < -0.3 is 10.2 Å². The third-order valence-corrected chi connectivity index (χ3v) is 8.16. The van der Waals surface area contributed by atoms with Gasteiger partial charge in [0.2, 0.25) is 11.8 Å². The maximum Gasteiger partial charge on any atom is 0.264 e. The van der Waals surface area contributed by atoms with Crippen LogP contribution in [0.4, 0.5) is 5.69 Å². The standard InChI is InChI=1S/C29H34ClN3O4S/c1-20(2)31-29(35)23(5)32(18-24-11-9-10-14-27(24)30)28(34)19-33(25-16-21(3)15-22(4)17-25)38(36,37)26-12-7-6-8-13-26/h6-17,20,23H,18-19H2,1-5H3,(H,31,35). The molecule has 0 bridgehead atoms. The highest BCUT2D eigenvalue weighted by atomic mass is 35.5. The van der Waals surface area contributed by atoms with Gasteiger partial charge in [0.25, 0.3) is 10.0 Å². The summed E-state index contributed by atoms with van der Waals surface area (Å²) in [6, 6.07) is 19.4. The van der Waals surface area contributed by atoms with Crippen molar-refractivity contribution in [2.45, 2.75) is 58.1 Å². The van der Waals surface area contributed by atoms with Gasteiger partial charge in [-0.1, -0.05) is 54.1 Å². The number of anilines is 1. The van der Waals surface area contributed by atoms with Crippen LogP contribution in [-0.4, -0.2) is 43.8 Å². The van der Waals surface area contributed by atoms with Crippen molar-refractivity contribution in [1.29, 1.82) is 0 Å². The van der Waals surface area contributed by atoms with E-state index in [1.165, 1.54) is 17.0 Å². The van der Waals surface area contributed by atoms with Crippen molar-refractivity contribution in [2.24, 2.45) is 0 Å². The number of sulfonamides is 1. The number of amides is 2. The van der Waals surface area contributed by atoms with Gasteiger partial charge in [0.15, 0.2) is 0 Å². The molecule has 0 aromatic heterocycles. The van der Waals surface area contributed by atoms with E-state index in [0.29, 0.717) is 16.3 Å². The minimum atomic E-state index is -4.10. The highest BCUT2D eigenvalue weighted by Crippen LogP contribution is 2.27. The fraction of sp³-hybridized carbons (Fsp3) is 0.310. The Balaban J connectivity index is 2.07. The summed E-state index contributed by atoms with van der Waals surface area (Å²) in [5.41, 5.74) is 2.74. The number of benzene rings is 3. The van der Waals surface area contributed by atoms with Gasteiger partial charge >= 0.3 is 0 Å². The van der Waals surface area contributed by atoms with E-state index in [1.54, 1.807) is 61.5 Å². The molecule has 3 rings (SSSR count). The van der Waals surface area contributed by atoms with E-state index in [1.807, 2.05) is 33.8 Å². The smallest absolute Gasteiger partial charge is 0.264 e. The lowest BCUT2D eigenvalue weighted by Crippen LogP contribution is -2.52. The molecule has 0 aliphatic heterocycles. The van der Waals surface area contributed by atoms with E-state index >= 15 is 0 Å². The molecule has 0 aliphatic rings. The molecule has 9 heteroatoms. The zero-order chi connectivity index (χ0) is 28.0. The van der Waals surface area contributed by atoms with Gasteiger partial charge in [-0.2, -0.15) is 0 Å². The molecule has 7 nitrogen and oxygen atoms in total. The monoisotopic (exact) mass is 555 g/mol. The van der Waals surface area contributed by atoms with E-state index in [0.717, 1.165) is 15.4 Å². The summed E-state index contributed by atoms with van der Waals surface area (Å²) in [7, 11) is -4.10. The van der Waals surface area contributed by atoms with E-state index in [-0.39, 0.29) is 23.4 Å². The highest BCUT2D eigenvalue weighted by Gasteiger charge is 2.33. The van der Waals surface area contributed by atoms with Crippen molar-refractivity contribution in [3.63, 3.8) is 0 Å². The number of rotatable bonds is 10. The summed E-state index contributed by atoms with van der Waals surface area (Å²) in [4.78, 5) is 28.3. The Labute approximate surface area is 230 Å². The summed E-state index contributed by atoms with van der Waals surface area (Å²) < 4.78 is 28.8. The second-order valence-electron chi connectivity index (χ2n) is 9.62. The van der Waals surface area contributed by atoms with Crippen LogP contribution in [0.5, 0.6) is 0 Å². The molecule has 38 heavy (non-hydrogen) atoms. The molecule has 1 unspecified atom stereocenters. The topological polar surface area (TPSA) is 86.8 Å². The van der Waals surface area contributed by atoms with Crippen molar-refractivity contribution in [2.75, 3.05) is 10.8 Å². The van der Waals surface area contributed by atoms with Crippen LogP contribution in [-0.2, 0) is 26.2 Å². The number of hydrogen-bond donors (Lipinski definition) is 1. The Bertz CT molecular complexity index is 1370. The predicted octanol–water partition coefficient (Wildman–Crippen LogP) is 5.09. The zero-order valence-corrected chi connectivity index (χ0v) is 23.9. The van der Waals surface area contributed by atoms with Crippen molar-refractivity contribution in [3.8, 4) is 0 Å². The number of nitrogens with one attached hydrogen (secondary N) is 1. The summed E-state index contributed by atoms with van der Waals surface area (Å²) in [6.07, 6.45) is 0. The largest absolute Gasteiger partial charge is 0.352 e. The first-order valence-electron chi connectivity index (χ1n) is 12.4. The zero-order valence-electron chi connectivity index (χ0n) is 22.3. The Morgan fingerprint density at radius 2 is 1.47 bits per heavy atom. The normalized spacial score (nSPS) is 12.2. The van der Waals surface area contributed by atoms with Crippen molar-refractivity contribution < 1.29 is 18.0 Å². The highest BCUT2D eigenvalue weighted by molar-refractivity contribution is 7.92. The Morgan fingerprint density at radius 1 is 0.895 bits per heavy atom. The minimum absolute atomic E-state index is 0.0389. The second-order valence-corrected chi connectivity index (χ2v) is 11.9. The maximum atomic E-state index is 13.9. The Kier molecular flexibility index (Phi) is 9.57. The van der Waals surface area contributed by atoms with Crippen LogP contribution in [0, 0.1) is 13.8 Å². The quantitative estimate of drug-likeness (QED) is 0.377. The summed E-state index contributed by atoms with van der Waals surface area (Å²) in [5, 5.41) is 3.29. The molecule has 0 radical (unpaired) electrons. The van der Waals surface area contributed by atoms with E-state index < -0.39 is 28.5 Å². The Morgan fingerprint density at radius 3 is 2.05 bits per heavy atom. The molecule has 0 aliphatic carbocycles. The number of hydrogen-bond acceptors (Lipinski definition) is 4. The molecule has 0 saturated carbocycles. The summed E-state index contributed by atoms with van der Waals surface area (Å²) in [5.74, 6) is -0.876. The average molecular weight is 556 g/mol. The SMILES string of the molecule is Cc1cc(C)cc(N(CC(=O)N(Cc2ccccc2Cl)C(C)C(=O)NC(C)C)S(=O)(=O)c2ccccc2)c1. The molecular formula is C29H34ClN3O4S. The van der Waals surface area contributed by atoms with E-state index in [4.69, 9.17) is 11.6 Å². The second kappa shape index (κ2) is 12.5. The van der Waals surface area contributed by atoms with Gasteiger partial charge in [0.1, 0.15) is 12.6 Å². The van der Waals surface area contributed by atoms with Crippen LogP contribution in [0.1, 0.15) is 37.5 Å². The van der Waals surface area contributed by atoms with Gasteiger partial charge in [-0.15, -0.1) is 0 Å². The van der Waals surface area contributed by atoms with E-state index in [9.17, 15) is 18.0 Å². The summed E-state index contributed by atoms with van der Waals surface area (Å²) in [6.45, 7) is 8.57. The van der Waals surface area contributed by atoms with Crippen molar-refractivity contribution in [1.82, 2.24) is 10.2 Å². The fourth-order valence-corrected chi connectivity index (χ4v) is 5.76. The molecule has 0 fully saturated rings. The van der Waals surface area contributed by atoms with Crippen LogP contribution in [0.25, 0.3) is 0 Å². The van der Waals surface area contributed by atoms with Gasteiger partial charge in [-0.25, -0.2) is 8.42 Å². The minimum Gasteiger partial charge on any atom is -0.352 e. The van der Waals surface area contributed by atoms with Crippen LogP contribution in [0.15, 0.2) is 77.7 Å². The first kappa shape index (κ1) is 29.2. The van der Waals surface area contributed by atoms with Gasteiger partial charge in [-0.05, 0) is 81.6 Å². The Hall–Kier alpha value is -3.36. The van der Waals surface area contributed by atoms with Gasteiger partial charge in [0, 0.05) is 17.6 Å². The average Bonchev–Trinajstić information content (AvgIpc) is 2.85. The van der Waals surface area contributed by atoms with Crippen LogP contribution in [0.2, 0.25) is 5.02 Å².